The van der Waals surface area contributed by atoms with Crippen LogP contribution in [-0.2, 0) is 0 Å². The van der Waals surface area contributed by atoms with Crippen LogP contribution in [0.2, 0.25) is 0 Å². The Hall–Kier alpha value is 0.350. The molecule has 1 N–H and O–H groups in total. The van der Waals surface area contributed by atoms with Gasteiger partial charge in [0.25, 0.3) is 0 Å². The standard InChI is InChI=1S/C8H21N2P/c1-7(2)10(8(3)4)11-6-9-5/h7-9,11H,6H2,1-5H3. The molecule has 0 fully saturated rings. The van der Waals surface area contributed by atoms with Gasteiger partial charge in [0.1, 0.15) is 0 Å². The molecule has 68 valence electrons. The van der Waals surface area contributed by atoms with Crippen molar-refractivity contribution in [2.75, 3.05) is 13.3 Å². The van der Waals surface area contributed by atoms with Gasteiger partial charge >= 0.3 is 0 Å². The second kappa shape index (κ2) is 5.93. The van der Waals surface area contributed by atoms with Gasteiger partial charge in [-0.15, -0.1) is 0 Å². The predicted molar refractivity (Wildman–Crippen MR) is 54.4 cm³/mol. The molecule has 1 atom stereocenters. The third-order valence-corrected chi connectivity index (χ3v) is 3.46. The van der Waals surface area contributed by atoms with E-state index >= 15 is 0 Å². The van der Waals surface area contributed by atoms with Crippen molar-refractivity contribution in [1.29, 1.82) is 0 Å². The van der Waals surface area contributed by atoms with E-state index in [1.165, 1.54) is 0 Å². The van der Waals surface area contributed by atoms with E-state index in [2.05, 4.69) is 37.7 Å². The van der Waals surface area contributed by atoms with Gasteiger partial charge in [-0.05, 0) is 43.5 Å². The van der Waals surface area contributed by atoms with Crippen molar-refractivity contribution in [3.8, 4) is 0 Å². The highest BCUT2D eigenvalue weighted by molar-refractivity contribution is 7.35. The molecular formula is C8H21N2P. The maximum atomic E-state index is 3.18. The van der Waals surface area contributed by atoms with Crippen molar-refractivity contribution in [3.63, 3.8) is 0 Å². The van der Waals surface area contributed by atoms with Crippen LogP contribution in [0.3, 0.4) is 0 Å². The molecule has 2 nitrogen and oxygen atoms in total. The number of nitrogens with one attached hydrogen (secondary N) is 1. The summed E-state index contributed by atoms with van der Waals surface area (Å²) in [6, 6.07) is 1.34. The summed E-state index contributed by atoms with van der Waals surface area (Å²) in [6.07, 6.45) is 1.11. The van der Waals surface area contributed by atoms with E-state index < -0.39 is 0 Å². The van der Waals surface area contributed by atoms with Gasteiger partial charge in [0.15, 0.2) is 0 Å². The summed E-state index contributed by atoms with van der Waals surface area (Å²) in [4.78, 5) is 0. The van der Waals surface area contributed by atoms with Crippen molar-refractivity contribution in [2.24, 2.45) is 0 Å². The summed E-state index contributed by atoms with van der Waals surface area (Å²) in [5, 5.41) is 3.18. The first-order chi connectivity index (χ1) is 5.09. The molecule has 0 heterocycles. The number of hydrogen-bond acceptors (Lipinski definition) is 2. The van der Waals surface area contributed by atoms with Gasteiger partial charge < -0.3 is 5.32 Å². The summed E-state index contributed by atoms with van der Waals surface area (Å²) in [7, 11) is 2.91. The largest absolute Gasteiger partial charge is 0.315 e. The first-order valence-corrected chi connectivity index (χ1v) is 5.41. The average molecular weight is 176 g/mol. The Kier molecular flexibility index (Phi) is 6.12. The highest BCUT2D eigenvalue weighted by Crippen LogP contribution is 2.22. The number of hydrogen-bond donors (Lipinski definition) is 1. The molecule has 0 aromatic rings. The topological polar surface area (TPSA) is 15.3 Å². The lowest BCUT2D eigenvalue weighted by Crippen LogP contribution is -2.30. The second-order valence-corrected chi connectivity index (χ2v) is 4.47. The van der Waals surface area contributed by atoms with Gasteiger partial charge in [0.05, 0.1) is 0 Å². The molecule has 0 amide bonds. The Balaban J connectivity index is 3.70. The van der Waals surface area contributed by atoms with Crippen LogP contribution >= 0.6 is 8.73 Å². The Labute approximate surface area is 72.6 Å². The first-order valence-electron chi connectivity index (χ1n) is 4.26. The summed E-state index contributed by atoms with van der Waals surface area (Å²) < 4.78 is 2.51. The van der Waals surface area contributed by atoms with E-state index in [0.29, 0.717) is 12.1 Å². The molecule has 0 aliphatic heterocycles. The molecule has 0 rings (SSSR count). The monoisotopic (exact) mass is 176 g/mol. The van der Waals surface area contributed by atoms with Crippen LogP contribution in [0.1, 0.15) is 27.7 Å². The van der Waals surface area contributed by atoms with Gasteiger partial charge in [0.2, 0.25) is 0 Å². The van der Waals surface area contributed by atoms with Gasteiger partial charge in [-0.3, -0.25) is 4.67 Å². The molecular weight excluding hydrogens is 155 g/mol. The van der Waals surface area contributed by atoms with E-state index in [-0.39, 0.29) is 0 Å². The van der Waals surface area contributed by atoms with Crippen molar-refractivity contribution in [1.82, 2.24) is 9.99 Å². The third-order valence-electron chi connectivity index (χ3n) is 1.55. The van der Waals surface area contributed by atoms with Gasteiger partial charge in [-0.2, -0.15) is 0 Å². The highest BCUT2D eigenvalue weighted by atomic mass is 31.1. The molecule has 0 aromatic heterocycles. The van der Waals surface area contributed by atoms with E-state index in [0.717, 1.165) is 15.0 Å². The molecule has 0 bridgehead atoms. The molecule has 0 aromatic carbocycles. The van der Waals surface area contributed by atoms with Crippen molar-refractivity contribution >= 4 is 8.73 Å². The van der Waals surface area contributed by atoms with Gasteiger partial charge in [-0.25, -0.2) is 0 Å². The lowest BCUT2D eigenvalue weighted by molar-refractivity contribution is 0.328. The molecule has 0 saturated heterocycles. The third kappa shape index (κ3) is 4.73. The summed E-state index contributed by atoms with van der Waals surface area (Å²) >= 11 is 0. The van der Waals surface area contributed by atoms with Crippen LogP contribution in [0.4, 0.5) is 0 Å². The lowest BCUT2D eigenvalue weighted by atomic mass is 10.3. The molecule has 0 saturated carbocycles. The minimum Gasteiger partial charge on any atom is -0.315 e. The van der Waals surface area contributed by atoms with E-state index in [4.69, 9.17) is 0 Å². The van der Waals surface area contributed by atoms with Crippen molar-refractivity contribution < 1.29 is 0 Å². The van der Waals surface area contributed by atoms with Crippen LogP contribution < -0.4 is 5.32 Å². The minimum absolute atomic E-state index is 0.668. The first kappa shape index (κ1) is 11.4. The maximum Gasteiger partial charge on any atom is 0.0259 e. The molecule has 1 unspecified atom stereocenters. The van der Waals surface area contributed by atoms with Crippen LogP contribution in [0.25, 0.3) is 0 Å². The lowest BCUT2D eigenvalue weighted by Gasteiger charge is -2.29. The Morgan fingerprint density at radius 1 is 1.18 bits per heavy atom. The minimum atomic E-state index is 0.668. The van der Waals surface area contributed by atoms with Crippen LogP contribution in [-0.4, -0.2) is 30.1 Å². The zero-order chi connectivity index (χ0) is 8.85. The molecule has 0 aliphatic carbocycles. The SMILES string of the molecule is CNCPN(C(C)C)C(C)C. The van der Waals surface area contributed by atoms with Gasteiger partial charge in [0, 0.05) is 18.4 Å². The molecule has 11 heavy (non-hydrogen) atoms. The highest BCUT2D eigenvalue weighted by Gasteiger charge is 2.11. The molecule has 0 radical (unpaired) electrons. The van der Waals surface area contributed by atoms with Crippen molar-refractivity contribution in [3.05, 3.63) is 0 Å². The molecule has 3 heteroatoms. The Morgan fingerprint density at radius 2 is 1.64 bits per heavy atom. The maximum absolute atomic E-state index is 3.18. The Morgan fingerprint density at radius 3 is 1.91 bits per heavy atom. The summed E-state index contributed by atoms with van der Waals surface area (Å²) in [6.45, 7) is 9.01. The quantitative estimate of drug-likeness (QED) is 0.643. The van der Waals surface area contributed by atoms with Crippen LogP contribution in [0, 0.1) is 0 Å². The molecule has 0 spiro atoms. The normalized spacial score (nSPS) is 13.1. The van der Waals surface area contributed by atoms with Crippen molar-refractivity contribution in [2.45, 2.75) is 39.8 Å². The number of nitrogens with zero attached hydrogens (tertiary/aromatic N) is 1. The number of rotatable bonds is 5. The zero-order valence-corrected chi connectivity index (χ0v) is 9.31. The fourth-order valence-corrected chi connectivity index (χ4v) is 2.20. The fourth-order valence-electron chi connectivity index (χ4n) is 1.13. The van der Waals surface area contributed by atoms with E-state index in [1.54, 1.807) is 0 Å². The van der Waals surface area contributed by atoms with Crippen LogP contribution in [0.5, 0.6) is 0 Å². The predicted octanol–water partition coefficient (Wildman–Crippen LogP) is 1.88. The van der Waals surface area contributed by atoms with E-state index in [1.807, 2.05) is 7.05 Å². The fraction of sp³-hybridized carbons (Fsp3) is 1.00. The zero-order valence-electron chi connectivity index (χ0n) is 8.31. The molecule has 0 aliphatic rings. The summed E-state index contributed by atoms with van der Waals surface area (Å²) in [5.74, 6) is 0. The Bertz CT molecular complexity index is 86.1. The average Bonchev–Trinajstić information content (AvgIpc) is 1.87. The smallest absolute Gasteiger partial charge is 0.0259 e. The van der Waals surface area contributed by atoms with Crippen LogP contribution in [0.15, 0.2) is 0 Å². The summed E-state index contributed by atoms with van der Waals surface area (Å²) in [5.41, 5.74) is 0. The van der Waals surface area contributed by atoms with Gasteiger partial charge in [-0.1, -0.05) is 0 Å². The van der Waals surface area contributed by atoms with E-state index in [9.17, 15) is 0 Å². The second-order valence-electron chi connectivity index (χ2n) is 3.28.